The van der Waals surface area contributed by atoms with Gasteiger partial charge in [0.25, 0.3) is 5.88 Å². The van der Waals surface area contributed by atoms with Crippen LogP contribution in [0.5, 0.6) is 11.6 Å². The predicted molar refractivity (Wildman–Crippen MR) is 228 cm³/mol. The number of benzene rings is 1. The molecule has 1 aliphatic heterocycles. The largest absolute Gasteiger partial charge is 0.487 e. The quantitative estimate of drug-likeness (QED) is 0.0757. The van der Waals surface area contributed by atoms with E-state index in [1.54, 1.807) is 36.6 Å². The van der Waals surface area contributed by atoms with E-state index in [-0.39, 0.29) is 12.1 Å². The van der Waals surface area contributed by atoms with Gasteiger partial charge in [0.05, 0.1) is 110 Å². The standard InChI is InChI=1S/C43H62N10O9/c1-34(30-52-33-45-32-48-52)62-41-26-35(4-5-36(41)27-44)37-28-46-43(47-29-37)49-40-31-53(39-8-6-38(7-9-39)51-10-14-56-15-11-51)50-42(40)61-13-3-12-55-18-19-58-22-23-60-25-24-59-21-20-57-17-16-54-2/h4-5,26,28-29,31-34,38-39H,3,6-25,30H2,1-2H3,(H,46,47,49)/t34-,38-,39-/m0/s1. The topological polar surface area (TPSA) is 196 Å². The van der Waals surface area contributed by atoms with Crippen molar-refractivity contribution in [3.8, 4) is 28.8 Å². The van der Waals surface area contributed by atoms with E-state index in [9.17, 15) is 5.26 Å². The Morgan fingerprint density at radius 3 is 2.10 bits per heavy atom. The molecule has 0 amide bonds. The molecule has 0 bridgehead atoms. The number of hydrogen-bond donors (Lipinski definition) is 1. The van der Waals surface area contributed by atoms with Crippen molar-refractivity contribution in [2.75, 3.05) is 118 Å². The molecular weight excluding hydrogens is 801 g/mol. The van der Waals surface area contributed by atoms with Crippen LogP contribution in [0, 0.1) is 11.3 Å². The molecule has 1 atom stereocenters. The molecule has 19 nitrogen and oxygen atoms in total. The monoisotopic (exact) mass is 862 g/mol. The van der Waals surface area contributed by atoms with Gasteiger partial charge < -0.3 is 47.9 Å². The molecule has 19 heteroatoms. The second kappa shape index (κ2) is 26.6. The number of rotatable bonds is 29. The fourth-order valence-corrected chi connectivity index (χ4v) is 7.24. The number of nitrogens with one attached hydrogen (secondary N) is 1. The summed E-state index contributed by atoms with van der Waals surface area (Å²) in [4.78, 5) is 15.8. The zero-order chi connectivity index (χ0) is 43.0. The fourth-order valence-electron chi connectivity index (χ4n) is 7.24. The van der Waals surface area contributed by atoms with Crippen molar-refractivity contribution < 1.29 is 42.6 Å². The van der Waals surface area contributed by atoms with Crippen molar-refractivity contribution >= 4 is 11.6 Å². The Balaban J connectivity index is 0.962. The maximum Gasteiger partial charge on any atom is 0.256 e. The van der Waals surface area contributed by atoms with Gasteiger partial charge in [-0.05, 0) is 50.3 Å². The lowest BCUT2D eigenvalue weighted by Gasteiger charge is -2.38. The van der Waals surface area contributed by atoms with E-state index in [4.69, 9.17) is 47.7 Å². The molecule has 4 aromatic rings. The Labute approximate surface area is 363 Å². The molecule has 4 heterocycles. The van der Waals surface area contributed by atoms with Gasteiger partial charge in [0.1, 0.15) is 36.3 Å². The number of anilines is 2. The van der Waals surface area contributed by atoms with E-state index in [1.807, 2.05) is 29.9 Å². The molecule has 0 spiro atoms. The van der Waals surface area contributed by atoms with Crippen molar-refractivity contribution in [3.63, 3.8) is 0 Å². The molecule has 338 valence electrons. The lowest BCUT2D eigenvalue weighted by Crippen LogP contribution is -2.45. The maximum atomic E-state index is 9.75. The van der Waals surface area contributed by atoms with Crippen LogP contribution in [0.25, 0.3) is 11.1 Å². The zero-order valence-electron chi connectivity index (χ0n) is 36.1. The summed E-state index contributed by atoms with van der Waals surface area (Å²) in [6.07, 6.45) is 13.3. The molecule has 1 aliphatic carbocycles. The van der Waals surface area contributed by atoms with Crippen molar-refractivity contribution in [2.24, 2.45) is 0 Å². The first kappa shape index (κ1) is 46.7. The lowest BCUT2D eigenvalue weighted by molar-refractivity contribution is -0.0150. The van der Waals surface area contributed by atoms with E-state index in [1.165, 1.54) is 6.33 Å². The molecular formula is C43H62N10O9. The molecule has 0 radical (unpaired) electrons. The van der Waals surface area contributed by atoms with Crippen LogP contribution in [0.1, 0.15) is 50.6 Å². The summed E-state index contributed by atoms with van der Waals surface area (Å²) >= 11 is 0. The van der Waals surface area contributed by atoms with Crippen molar-refractivity contribution in [1.82, 2.24) is 39.4 Å². The lowest BCUT2D eigenvalue weighted by atomic mass is 9.90. The summed E-state index contributed by atoms with van der Waals surface area (Å²) in [5.41, 5.74) is 2.72. The molecule has 6 rings (SSSR count). The molecule has 2 fully saturated rings. The Hall–Kier alpha value is -4.78. The molecule has 1 aromatic carbocycles. The van der Waals surface area contributed by atoms with Gasteiger partial charge in [0, 0.05) is 57.2 Å². The summed E-state index contributed by atoms with van der Waals surface area (Å²) in [7, 11) is 1.65. The highest BCUT2D eigenvalue weighted by Gasteiger charge is 2.29. The van der Waals surface area contributed by atoms with Crippen LogP contribution in [0.2, 0.25) is 0 Å². The van der Waals surface area contributed by atoms with Crippen LogP contribution < -0.4 is 14.8 Å². The minimum atomic E-state index is -0.247. The predicted octanol–water partition coefficient (Wildman–Crippen LogP) is 4.33. The molecule has 3 aromatic heterocycles. The number of aromatic nitrogens is 7. The van der Waals surface area contributed by atoms with Crippen molar-refractivity contribution in [1.29, 1.82) is 5.26 Å². The van der Waals surface area contributed by atoms with Gasteiger partial charge in [0.2, 0.25) is 5.95 Å². The number of ether oxygens (including phenoxy) is 9. The number of hydrogen-bond acceptors (Lipinski definition) is 17. The summed E-state index contributed by atoms with van der Waals surface area (Å²) in [5, 5.41) is 22.2. The van der Waals surface area contributed by atoms with Gasteiger partial charge in [-0.25, -0.2) is 19.6 Å². The number of morpholine rings is 1. The Kier molecular flexibility index (Phi) is 20.1. The van der Waals surface area contributed by atoms with Gasteiger partial charge >= 0.3 is 0 Å². The van der Waals surface area contributed by atoms with Gasteiger partial charge in [-0.2, -0.15) is 10.4 Å². The minimum Gasteiger partial charge on any atom is -0.487 e. The third-order valence-corrected chi connectivity index (χ3v) is 10.5. The second-order valence-corrected chi connectivity index (χ2v) is 15.0. The zero-order valence-corrected chi connectivity index (χ0v) is 36.1. The Bertz CT molecular complexity index is 1860. The van der Waals surface area contributed by atoms with Crippen LogP contribution >= 0.6 is 0 Å². The van der Waals surface area contributed by atoms with E-state index in [0.29, 0.717) is 127 Å². The summed E-state index contributed by atoms with van der Waals surface area (Å²) in [6.45, 7) is 12.2. The second-order valence-electron chi connectivity index (χ2n) is 15.0. The average Bonchev–Trinajstić information content (AvgIpc) is 3.97. The third kappa shape index (κ3) is 15.5. The molecule has 0 unspecified atom stereocenters. The number of methoxy groups -OCH3 is 1. The van der Waals surface area contributed by atoms with Crippen LogP contribution in [-0.4, -0.2) is 164 Å². The van der Waals surface area contributed by atoms with Gasteiger partial charge in [-0.15, -0.1) is 5.10 Å². The first-order chi connectivity index (χ1) is 30.6. The highest BCUT2D eigenvalue weighted by atomic mass is 16.6. The minimum absolute atomic E-state index is 0.247. The van der Waals surface area contributed by atoms with Gasteiger partial charge in [-0.1, -0.05) is 6.07 Å². The van der Waals surface area contributed by atoms with Gasteiger partial charge in [-0.3, -0.25) is 9.58 Å². The van der Waals surface area contributed by atoms with Crippen LogP contribution in [-0.2, 0) is 39.7 Å². The van der Waals surface area contributed by atoms with Crippen LogP contribution in [0.4, 0.5) is 11.6 Å². The fraction of sp³-hybridized carbons (Fsp3) is 0.628. The number of nitrogens with zero attached hydrogens (tertiary/aromatic N) is 9. The van der Waals surface area contributed by atoms with Crippen LogP contribution in [0.15, 0.2) is 49.4 Å². The molecule has 2 aliphatic rings. The van der Waals surface area contributed by atoms with E-state index >= 15 is 0 Å². The first-order valence-electron chi connectivity index (χ1n) is 21.6. The molecule has 1 saturated carbocycles. The van der Waals surface area contributed by atoms with Crippen molar-refractivity contribution in [2.45, 2.75) is 63.8 Å². The smallest absolute Gasteiger partial charge is 0.256 e. The van der Waals surface area contributed by atoms with E-state index in [2.05, 4.69) is 36.3 Å². The summed E-state index contributed by atoms with van der Waals surface area (Å²) in [5.74, 6) is 1.37. The third-order valence-electron chi connectivity index (χ3n) is 10.5. The molecule has 62 heavy (non-hydrogen) atoms. The van der Waals surface area contributed by atoms with E-state index < -0.39 is 0 Å². The van der Waals surface area contributed by atoms with E-state index in [0.717, 1.165) is 63.1 Å². The average molecular weight is 863 g/mol. The normalized spacial score (nSPS) is 17.4. The SMILES string of the molecule is COCCOCCOCCOCCOCCOCCCOc1nn([C@H]2CC[C@H](N3CCOCC3)CC2)cc1Nc1ncc(-c2ccc(C#N)c(O[C@@H](C)Cn3cncn3)c2)cn1. The first-order valence-corrected chi connectivity index (χ1v) is 21.6. The molecule has 1 saturated heterocycles. The summed E-state index contributed by atoms with van der Waals surface area (Å²) < 4.78 is 54.4. The highest BCUT2D eigenvalue weighted by molar-refractivity contribution is 5.67. The van der Waals surface area contributed by atoms with Crippen molar-refractivity contribution in [3.05, 3.63) is 55.0 Å². The van der Waals surface area contributed by atoms with Gasteiger partial charge in [0.15, 0.2) is 0 Å². The molecule has 1 N–H and O–H groups in total. The van der Waals surface area contributed by atoms with Crippen LogP contribution in [0.3, 0.4) is 0 Å². The Morgan fingerprint density at radius 1 is 0.823 bits per heavy atom. The maximum absolute atomic E-state index is 9.75. The highest BCUT2D eigenvalue weighted by Crippen LogP contribution is 2.35. The number of nitriles is 1. The summed E-state index contributed by atoms with van der Waals surface area (Å²) in [6, 6.07) is 8.50. The Morgan fingerprint density at radius 2 is 1.47 bits per heavy atom.